The van der Waals surface area contributed by atoms with E-state index in [1.807, 2.05) is 41.3 Å². The number of carbonyl (C=O) groups excluding carboxylic acids is 3. The van der Waals surface area contributed by atoms with Crippen LogP contribution in [0, 0.1) is 5.92 Å². The molecule has 0 bridgehead atoms. The van der Waals surface area contributed by atoms with E-state index in [-0.39, 0.29) is 23.6 Å². The van der Waals surface area contributed by atoms with E-state index in [1.165, 1.54) is 6.42 Å². The number of hydrogen-bond donors (Lipinski definition) is 1. The van der Waals surface area contributed by atoms with Crippen molar-refractivity contribution in [2.24, 2.45) is 5.92 Å². The normalized spacial score (nSPS) is 18.1. The first-order valence-corrected chi connectivity index (χ1v) is 11.6. The van der Waals surface area contributed by atoms with Gasteiger partial charge in [-0.05, 0) is 49.8 Å². The van der Waals surface area contributed by atoms with E-state index >= 15 is 0 Å². The standard InChI is InChI=1S/C26H31N3O3/c30-24(21-12-6-2-7-13-21)27-23(20-10-4-1-5-11-20)26(32)29-18-14-22(15-19-29)25(31)28-16-8-3-9-17-28/h1-2,4-7,10-13,22-23H,3,8-9,14-19H2,(H,27,30). The van der Waals surface area contributed by atoms with Crippen molar-refractivity contribution < 1.29 is 14.4 Å². The van der Waals surface area contributed by atoms with Crippen LogP contribution in [-0.4, -0.2) is 53.7 Å². The first kappa shape index (κ1) is 22.1. The fourth-order valence-corrected chi connectivity index (χ4v) is 4.64. The van der Waals surface area contributed by atoms with Crippen LogP contribution >= 0.6 is 0 Å². The summed E-state index contributed by atoms with van der Waals surface area (Å²) in [6.45, 7) is 2.79. The van der Waals surface area contributed by atoms with Crippen LogP contribution in [0.25, 0.3) is 0 Å². The van der Waals surface area contributed by atoms with Gasteiger partial charge in [0, 0.05) is 37.7 Å². The first-order valence-electron chi connectivity index (χ1n) is 11.6. The first-order chi connectivity index (χ1) is 15.6. The lowest BCUT2D eigenvalue weighted by Gasteiger charge is -2.37. The molecule has 4 rings (SSSR count). The van der Waals surface area contributed by atoms with Crippen molar-refractivity contribution in [2.45, 2.75) is 38.1 Å². The zero-order valence-corrected chi connectivity index (χ0v) is 18.4. The maximum absolute atomic E-state index is 13.5. The molecule has 0 radical (unpaired) electrons. The van der Waals surface area contributed by atoms with Gasteiger partial charge in [-0.3, -0.25) is 14.4 Å². The predicted molar refractivity (Wildman–Crippen MR) is 123 cm³/mol. The summed E-state index contributed by atoms with van der Waals surface area (Å²) < 4.78 is 0. The Morgan fingerprint density at radius 3 is 1.97 bits per heavy atom. The molecule has 2 fully saturated rings. The average molecular weight is 434 g/mol. The Bertz CT molecular complexity index is 918. The number of nitrogens with one attached hydrogen (secondary N) is 1. The molecule has 1 unspecified atom stereocenters. The second kappa shape index (κ2) is 10.4. The predicted octanol–water partition coefficient (Wildman–Crippen LogP) is 3.41. The minimum atomic E-state index is -0.752. The molecule has 0 aliphatic carbocycles. The topological polar surface area (TPSA) is 69.7 Å². The van der Waals surface area contributed by atoms with E-state index in [0.29, 0.717) is 31.5 Å². The Balaban J connectivity index is 1.42. The van der Waals surface area contributed by atoms with Crippen molar-refractivity contribution in [1.82, 2.24) is 15.1 Å². The van der Waals surface area contributed by atoms with Crippen LogP contribution in [0.5, 0.6) is 0 Å². The minimum absolute atomic E-state index is 0.00812. The van der Waals surface area contributed by atoms with Crippen LogP contribution in [0.1, 0.15) is 54.1 Å². The molecule has 2 aromatic rings. The molecule has 168 valence electrons. The lowest BCUT2D eigenvalue weighted by atomic mass is 9.93. The molecule has 1 N–H and O–H groups in total. The number of rotatable bonds is 5. The number of piperidine rings is 2. The monoisotopic (exact) mass is 433 g/mol. The van der Waals surface area contributed by atoms with Crippen LogP contribution in [0.15, 0.2) is 60.7 Å². The summed E-state index contributed by atoms with van der Waals surface area (Å²) in [6, 6.07) is 17.5. The number of hydrogen-bond acceptors (Lipinski definition) is 3. The number of likely N-dealkylation sites (tertiary alicyclic amines) is 2. The Labute approximate surface area is 189 Å². The van der Waals surface area contributed by atoms with Crippen LogP contribution in [0.4, 0.5) is 0 Å². The molecule has 32 heavy (non-hydrogen) atoms. The van der Waals surface area contributed by atoms with E-state index in [1.54, 1.807) is 29.2 Å². The second-order valence-electron chi connectivity index (χ2n) is 8.67. The van der Waals surface area contributed by atoms with Crippen molar-refractivity contribution in [3.05, 3.63) is 71.8 Å². The van der Waals surface area contributed by atoms with Crippen molar-refractivity contribution in [2.75, 3.05) is 26.2 Å². The highest BCUT2D eigenvalue weighted by atomic mass is 16.2. The van der Waals surface area contributed by atoms with E-state index in [4.69, 9.17) is 0 Å². The summed E-state index contributed by atoms with van der Waals surface area (Å²) in [6.07, 6.45) is 4.72. The van der Waals surface area contributed by atoms with Gasteiger partial charge in [0.25, 0.3) is 5.91 Å². The zero-order chi connectivity index (χ0) is 22.3. The molecule has 0 aromatic heterocycles. The van der Waals surface area contributed by atoms with Crippen LogP contribution < -0.4 is 5.32 Å². The molecular formula is C26H31N3O3. The van der Waals surface area contributed by atoms with Crippen LogP contribution in [0.3, 0.4) is 0 Å². The minimum Gasteiger partial charge on any atom is -0.342 e. The van der Waals surface area contributed by atoms with Gasteiger partial charge in [-0.25, -0.2) is 0 Å². The van der Waals surface area contributed by atoms with Gasteiger partial charge in [0.05, 0.1) is 0 Å². The molecule has 2 saturated heterocycles. The zero-order valence-electron chi connectivity index (χ0n) is 18.4. The molecule has 6 nitrogen and oxygen atoms in total. The van der Waals surface area contributed by atoms with Crippen LogP contribution in [-0.2, 0) is 9.59 Å². The van der Waals surface area contributed by atoms with Gasteiger partial charge in [0.15, 0.2) is 0 Å². The van der Waals surface area contributed by atoms with Crippen LogP contribution in [0.2, 0.25) is 0 Å². The van der Waals surface area contributed by atoms with E-state index in [0.717, 1.165) is 31.5 Å². The van der Waals surface area contributed by atoms with Gasteiger partial charge < -0.3 is 15.1 Å². The fourth-order valence-electron chi connectivity index (χ4n) is 4.64. The van der Waals surface area contributed by atoms with Gasteiger partial charge in [-0.2, -0.15) is 0 Å². The second-order valence-corrected chi connectivity index (χ2v) is 8.67. The van der Waals surface area contributed by atoms with Gasteiger partial charge in [0.1, 0.15) is 6.04 Å². The highest BCUT2D eigenvalue weighted by molar-refractivity contribution is 5.97. The molecule has 3 amide bonds. The summed E-state index contributed by atoms with van der Waals surface area (Å²) >= 11 is 0. The molecule has 2 aromatic carbocycles. The summed E-state index contributed by atoms with van der Waals surface area (Å²) in [7, 11) is 0. The third kappa shape index (κ3) is 5.18. The molecule has 6 heteroatoms. The van der Waals surface area contributed by atoms with Gasteiger partial charge in [-0.15, -0.1) is 0 Å². The highest BCUT2D eigenvalue weighted by Gasteiger charge is 2.34. The molecule has 2 aliphatic heterocycles. The molecule has 1 atom stereocenters. The van der Waals surface area contributed by atoms with E-state index in [2.05, 4.69) is 5.32 Å². The van der Waals surface area contributed by atoms with Crippen molar-refractivity contribution in [3.8, 4) is 0 Å². The Morgan fingerprint density at radius 2 is 1.34 bits per heavy atom. The number of carbonyl (C=O) groups is 3. The third-order valence-electron chi connectivity index (χ3n) is 6.51. The Morgan fingerprint density at radius 1 is 0.750 bits per heavy atom. The maximum Gasteiger partial charge on any atom is 0.252 e. The lowest BCUT2D eigenvalue weighted by molar-refractivity contribution is -0.142. The van der Waals surface area contributed by atoms with Crippen molar-refractivity contribution >= 4 is 17.7 Å². The molecular weight excluding hydrogens is 402 g/mol. The molecule has 2 aliphatic rings. The summed E-state index contributed by atoms with van der Waals surface area (Å²) in [5.74, 6) is -0.160. The van der Waals surface area contributed by atoms with Gasteiger partial charge in [-0.1, -0.05) is 48.5 Å². The number of benzene rings is 2. The van der Waals surface area contributed by atoms with E-state index < -0.39 is 6.04 Å². The summed E-state index contributed by atoms with van der Waals surface area (Å²) in [5, 5.41) is 2.93. The van der Waals surface area contributed by atoms with Crippen molar-refractivity contribution in [3.63, 3.8) is 0 Å². The fraction of sp³-hybridized carbons (Fsp3) is 0.423. The van der Waals surface area contributed by atoms with Crippen molar-refractivity contribution in [1.29, 1.82) is 0 Å². The average Bonchev–Trinajstić information content (AvgIpc) is 2.88. The summed E-state index contributed by atoms with van der Waals surface area (Å²) in [4.78, 5) is 42.9. The quantitative estimate of drug-likeness (QED) is 0.786. The largest absolute Gasteiger partial charge is 0.342 e. The van der Waals surface area contributed by atoms with Gasteiger partial charge >= 0.3 is 0 Å². The SMILES string of the molecule is O=C(NC(C(=O)N1CCC(C(=O)N2CCCCC2)CC1)c1ccccc1)c1ccccc1. The maximum atomic E-state index is 13.5. The lowest BCUT2D eigenvalue weighted by Crippen LogP contribution is -2.49. The Kier molecular flexibility index (Phi) is 7.20. The van der Waals surface area contributed by atoms with E-state index in [9.17, 15) is 14.4 Å². The highest BCUT2D eigenvalue weighted by Crippen LogP contribution is 2.25. The van der Waals surface area contributed by atoms with Gasteiger partial charge in [0.2, 0.25) is 11.8 Å². The molecule has 0 saturated carbocycles. The summed E-state index contributed by atoms with van der Waals surface area (Å²) in [5.41, 5.74) is 1.28. The third-order valence-corrected chi connectivity index (χ3v) is 6.51. The molecule has 0 spiro atoms. The number of nitrogens with zero attached hydrogens (tertiary/aromatic N) is 2. The Hall–Kier alpha value is -3.15. The molecule has 2 heterocycles. The number of amides is 3. The smallest absolute Gasteiger partial charge is 0.252 e.